The molecule has 13 heteroatoms. The monoisotopic (exact) mass is 586 g/mol. The molecule has 42 heavy (non-hydrogen) atoms. The molecule has 1 unspecified atom stereocenters. The van der Waals surface area contributed by atoms with Crippen molar-refractivity contribution >= 4 is 24.0 Å². The summed E-state index contributed by atoms with van der Waals surface area (Å²) in [5.74, 6) is -5.58. The lowest BCUT2D eigenvalue weighted by molar-refractivity contribution is -0.396. The Morgan fingerprint density at radius 3 is 1.95 bits per heavy atom. The zero-order chi connectivity index (χ0) is 30.7. The Kier molecular flexibility index (Phi) is 9.16. The van der Waals surface area contributed by atoms with Crippen molar-refractivity contribution in [3.63, 3.8) is 0 Å². The van der Waals surface area contributed by atoms with Crippen molar-refractivity contribution in [2.75, 3.05) is 19.8 Å². The van der Waals surface area contributed by atoms with E-state index in [1.165, 1.54) is 0 Å². The number of aliphatic hydroxyl groups is 2. The van der Waals surface area contributed by atoms with Crippen molar-refractivity contribution in [3.05, 3.63) is 59.7 Å². The number of hydrogen-bond acceptors (Lipinski definition) is 12. The lowest BCUT2D eigenvalue weighted by Gasteiger charge is -2.53. The Hall–Kier alpha value is -4.04. The van der Waals surface area contributed by atoms with E-state index in [9.17, 15) is 29.4 Å². The van der Waals surface area contributed by atoms with Crippen LogP contribution in [0.25, 0.3) is 11.1 Å². The van der Waals surface area contributed by atoms with Crippen LogP contribution in [0, 0.1) is 0 Å². The van der Waals surface area contributed by atoms with E-state index < -0.39 is 66.9 Å². The summed E-state index contributed by atoms with van der Waals surface area (Å²) in [6, 6.07) is 15.3. The van der Waals surface area contributed by atoms with E-state index in [2.05, 4.69) is 5.32 Å². The van der Waals surface area contributed by atoms with Gasteiger partial charge in [0.15, 0.2) is 12.2 Å². The number of carbonyl (C=O) groups excluding carboxylic acids is 4. The van der Waals surface area contributed by atoms with Crippen molar-refractivity contribution in [3.8, 4) is 11.1 Å². The number of amides is 1. The van der Waals surface area contributed by atoms with E-state index >= 15 is 0 Å². The molecule has 0 bridgehead atoms. The molecule has 1 aliphatic carbocycles. The Morgan fingerprint density at radius 1 is 0.857 bits per heavy atom. The molecular weight excluding hydrogens is 552 g/mol. The molecule has 0 spiro atoms. The molecule has 13 nitrogen and oxygen atoms in total. The van der Waals surface area contributed by atoms with Gasteiger partial charge in [-0.15, -0.1) is 0 Å². The fourth-order valence-corrected chi connectivity index (χ4v) is 5.46. The SMILES string of the molecule is CC(=O)OC[C@H]1O[C@](O)(CCN)C(O)(NC(=O)OCC2c3ccccc3-c3ccccc32)[C@@H](OC(C)=O)[C@H]1OC(C)=O. The fourth-order valence-electron chi connectivity index (χ4n) is 5.46. The molecule has 1 heterocycles. The molecule has 5 N–H and O–H groups in total. The first-order chi connectivity index (χ1) is 19.9. The van der Waals surface area contributed by atoms with Crippen LogP contribution in [0.5, 0.6) is 0 Å². The highest BCUT2D eigenvalue weighted by Gasteiger charge is 2.67. The van der Waals surface area contributed by atoms with Gasteiger partial charge in [0.25, 0.3) is 0 Å². The van der Waals surface area contributed by atoms with Crippen molar-refractivity contribution < 1.29 is 53.1 Å². The van der Waals surface area contributed by atoms with Crippen molar-refractivity contribution in [2.45, 2.75) is 62.9 Å². The van der Waals surface area contributed by atoms with E-state index in [1.807, 2.05) is 48.5 Å². The van der Waals surface area contributed by atoms with Crippen LogP contribution in [0.1, 0.15) is 44.2 Å². The highest BCUT2D eigenvalue weighted by atomic mass is 16.7. The van der Waals surface area contributed by atoms with Crippen molar-refractivity contribution in [1.29, 1.82) is 0 Å². The first-order valence-corrected chi connectivity index (χ1v) is 13.3. The smallest absolute Gasteiger partial charge is 0.409 e. The average Bonchev–Trinajstić information content (AvgIpc) is 3.24. The summed E-state index contributed by atoms with van der Waals surface area (Å²) in [6.45, 7) is 2.21. The predicted molar refractivity (Wildman–Crippen MR) is 144 cm³/mol. The van der Waals surface area contributed by atoms with E-state index in [4.69, 9.17) is 29.4 Å². The van der Waals surface area contributed by atoms with Crippen LogP contribution in [-0.4, -0.2) is 83.8 Å². The molecule has 1 aliphatic heterocycles. The van der Waals surface area contributed by atoms with E-state index in [0.717, 1.165) is 43.0 Å². The second-order valence-corrected chi connectivity index (χ2v) is 10.1. The molecule has 1 saturated heterocycles. The van der Waals surface area contributed by atoms with Gasteiger partial charge >= 0.3 is 24.0 Å². The first-order valence-electron chi connectivity index (χ1n) is 13.3. The van der Waals surface area contributed by atoms with Gasteiger partial charge < -0.3 is 39.6 Å². The minimum Gasteiger partial charge on any atom is -0.463 e. The standard InChI is InChI=1S/C29H34N2O11/c1-16(32)38-15-24-25(40-17(2)33)26(41-18(3)34)29(37,28(36,42-24)12-13-30)31-27(35)39-14-23-21-10-6-4-8-19(21)20-9-5-7-11-22(20)23/h4-11,23-26,36-37H,12-15,30H2,1-3H3,(H,31,35)/t24-,25+,26+,28-,29?/m1/s1. The van der Waals surface area contributed by atoms with Crippen LogP contribution in [0.4, 0.5) is 4.79 Å². The molecule has 1 amide bonds. The van der Waals surface area contributed by atoms with E-state index in [-0.39, 0.29) is 19.1 Å². The number of rotatable bonds is 9. The summed E-state index contributed by atoms with van der Waals surface area (Å²) in [7, 11) is 0. The zero-order valence-corrected chi connectivity index (χ0v) is 23.4. The van der Waals surface area contributed by atoms with E-state index in [1.54, 1.807) is 0 Å². The molecule has 0 aromatic heterocycles. The van der Waals surface area contributed by atoms with Crippen LogP contribution >= 0.6 is 0 Å². The average molecular weight is 587 g/mol. The van der Waals surface area contributed by atoms with Crippen LogP contribution in [0.3, 0.4) is 0 Å². The number of hydrogen-bond donors (Lipinski definition) is 4. The minimum atomic E-state index is -2.94. The molecule has 4 rings (SSSR count). The summed E-state index contributed by atoms with van der Waals surface area (Å²) in [6.07, 6.45) is -6.69. The van der Waals surface area contributed by atoms with Gasteiger partial charge in [0.1, 0.15) is 19.3 Å². The Labute approximate surface area is 241 Å². The van der Waals surface area contributed by atoms with Gasteiger partial charge in [-0.3, -0.25) is 19.7 Å². The first kappa shape index (κ1) is 30.9. The number of alkyl carbamates (subject to hydrolysis) is 1. The number of carbonyl (C=O) groups is 4. The highest BCUT2D eigenvalue weighted by Crippen LogP contribution is 2.45. The second kappa shape index (κ2) is 12.4. The van der Waals surface area contributed by atoms with Crippen LogP contribution < -0.4 is 11.1 Å². The van der Waals surface area contributed by atoms with Crippen LogP contribution in [0.2, 0.25) is 0 Å². The van der Waals surface area contributed by atoms with Gasteiger partial charge in [0.05, 0.1) is 0 Å². The van der Waals surface area contributed by atoms with Crippen molar-refractivity contribution in [2.24, 2.45) is 5.73 Å². The van der Waals surface area contributed by atoms with Gasteiger partial charge in [0.2, 0.25) is 11.5 Å². The molecule has 1 fully saturated rings. The maximum atomic E-state index is 13.2. The topological polar surface area (TPSA) is 193 Å². The predicted octanol–water partition coefficient (Wildman–Crippen LogP) is 1.08. The summed E-state index contributed by atoms with van der Waals surface area (Å²) < 4.78 is 26.8. The van der Waals surface area contributed by atoms with Crippen LogP contribution in [-0.2, 0) is 38.1 Å². The Bertz CT molecular complexity index is 1300. The molecule has 5 atom stereocenters. The number of nitrogens with two attached hydrogens (primary N) is 1. The quantitative estimate of drug-likeness (QED) is 0.186. The largest absolute Gasteiger partial charge is 0.463 e. The lowest BCUT2D eigenvalue weighted by atomic mass is 9.84. The zero-order valence-electron chi connectivity index (χ0n) is 23.4. The Morgan fingerprint density at radius 2 is 1.43 bits per heavy atom. The second-order valence-electron chi connectivity index (χ2n) is 10.1. The molecular formula is C29H34N2O11. The number of esters is 3. The third kappa shape index (κ3) is 6.09. The molecule has 2 aliphatic rings. The van der Waals surface area contributed by atoms with Crippen LogP contribution in [0.15, 0.2) is 48.5 Å². The summed E-state index contributed by atoms with van der Waals surface area (Å²) in [5.41, 5.74) is 6.62. The van der Waals surface area contributed by atoms with E-state index in [0.29, 0.717) is 0 Å². The summed E-state index contributed by atoms with van der Waals surface area (Å²) in [4.78, 5) is 48.9. The van der Waals surface area contributed by atoms with Gasteiger partial charge in [-0.05, 0) is 28.8 Å². The molecule has 226 valence electrons. The highest BCUT2D eigenvalue weighted by molar-refractivity contribution is 5.79. The van der Waals surface area contributed by atoms with Crippen molar-refractivity contribution in [1.82, 2.24) is 5.32 Å². The van der Waals surface area contributed by atoms with Gasteiger partial charge in [-0.25, -0.2) is 4.79 Å². The number of benzene rings is 2. The van der Waals surface area contributed by atoms with Gasteiger partial charge in [0, 0.05) is 33.1 Å². The lowest BCUT2D eigenvalue weighted by Crippen LogP contribution is -2.80. The summed E-state index contributed by atoms with van der Waals surface area (Å²) in [5, 5.41) is 25.6. The number of nitrogens with one attached hydrogen (secondary N) is 1. The Balaban J connectivity index is 1.64. The summed E-state index contributed by atoms with van der Waals surface area (Å²) >= 11 is 0. The van der Waals surface area contributed by atoms with Gasteiger partial charge in [-0.1, -0.05) is 48.5 Å². The molecule has 0 radical (unpaired) electrons. The third-order valence-corrected chi connectivity index (χ3v) is 7.18. The number of ether oxygens (including phenoxy) is 5. The maximum Gasteiger partial charge on any atom is 0.409 e. The molecule has 2 aromatic carbocycles. The van der Waals surface area contributed by atoms with Gasteiger partial charge in [-0.2, -0.15) is 0 Å². The minimum absolute atomic E-state index is 0.146. The maximum absolute atomic E-state index is 13.2. The third-order valence-electron chi connectivity index (χ3n) is 7.18. The fraction of sp³-hybridized carbons (Fsp3) is 0.448. The molecule has 2 aromatic rings. The normalized spacial score (nSPS) is 26.4. The number of fused-ring (bicyclic) bond motifs is 3. The molecule has 0 saturated carbocycles.